The van der Waals surface area contributed by atoms with Gasteiger partial charge in [-0.1, -0.05) is 12.1 Å². The third-order valence-electron chi connectivity index (χ3n) is 2.34. The Hall–Kier alpha value is -2.17. The van der Waals surface area contributed by atoms with Crippen molar-refractivity contribution >= 4 is 22.7 Å². The molecule has 0 unspecified atom stereocenters. The molecule has 1 heterocycles. The number of nitrogens with zero attached hydrogens (tertiary/aromatic N) is 1. The highest BCUT2D eigenvalue weighted by molar-refractivity contribution is 5.89. The summed E-state index contributed by atoms with van der Waals surface area (Å²) in [5.41, 5.74) is -0.576. The van der Waals surface area contributed by atoms with Crippen LogP contribution in [0.1, 0.15) is 20.8 Å². The molecule has 0 saturated carbocycles. The molecular weight excluding hydrogens is 247 g/mol. The number of benzene rings is 1. The van der Waals surface area contributed by atoms with E-state index in [0.717, 1.165) is 0 Å². The Bertz CT molecular complexity index is 620. The average molecular weight is 262 g/mol. The zero-order chi connectivity index (χ0) is 14.0. The van der Waals surface area contributed by atoms with Gasteiger partial charge in [0, 0.05) is 11.6 Å². The number of nitrogens with one attached hydrogen (secondary N) is 1. The maximum absolute atomic E-state index is 13.5. The molecular formula is C14H15FN2O2. The van der Waals surface area contributed by atoms with Gasteiger partial charge in [0.2, 0.25) is 0 Å². The Balaban J connectivity index is 2.20. The van der Waals surface area contributed by atoms with Crippen molar-refractivity contribution < 1.29 is 13.9 Å². The van der Waals surface area contributed by atoms with Crippen LogP contribution in [-0.4, -0.2) is 16.7 Å². The number of rotatable bonds is 1. The van der Waals surface area contributed by atoms with E-state index in [1.54, 1.807) is 39.0 Å². The quantitative estimate of drug-likeness (QED) is 0.852. The summed E-state index contributed by atoms with van der Waals surface area (Å²) in [6, 6.07) is 6.32. The van der Waals surface area contributed by atoms with E-state index in [4.69, 9.17) is 4.74 Å². The third kappa shape index (κ3) is 3.40. The maximum Gasteiger partial charge on any atom is 0.413 e. The predicted octanol–water partition coefficient (Wildman–Crippen LogP) is 3.72. The summed E-state index contributed by atoms with van der Waals surface area (Å²) in [5.74, 6) is -0.0128. The number of carbonyl (C=O) groups excluding carboxylic acids is 1. The van der Waals surface area contributed by atoms with Gasteiger partial charge in [0.1, 0.15) is 17.2 Å². The van der Waals surface area contributed by atoms with E-state index in [2.05, 4.69) is 10.3 Å². The molecule has 0 spiro atoms. The molecule has 2 rings (SSSR count). The van der Waals surface area contributed by atoms with Crippen LogP contribution < -0.4 is 5.32 Å². The van der Waals surface area contributed by atoms with Crippen LogP contribution >= 0.6 is 0 Å². The van der Waals surface area contributed by atoms with Gasteiger partial charge in [-0.25, -0.2) is 14.2 Å². The third-order valence-corrected chi connectivity index (χ3v) is 2.34. The van der Waals surface area contributed by atoms with Gasteiger partial charge in [-0.05, 0) is 38.3 Å². The van der Waals surface area contributed by atoms with Gasteiger partial charge in [0.05, 0.1) is 0 Å². The standard InChI is InChI=1S/C14H15FN2O2/c1-14(2,3)19-13(18)17-12-7-9-5-4-6-11(15)10(9)8-16-12/h4-8H,1-3H3,(H,16,17,18). The monoisotopic (exact) mass is 262 g/mol. The molecule has 19 heavy (non-hydrogen) atoms. The van der Waals surface area contributed by atoms with Crippen LogP contribution in [0.2, 0.25) is 0 Å². The second-order valence-electron chi connectivity index (χ2n) is 5.16. The minimum absolute atomic E-state index is 0.326. The minimum Gasteiger partial charge on any atom is -0.444 e. The second kappa shape index (κ2) is 4.84. The van der Waals surface area contributed by atoms with Crippen molar-refractivity contribution in [2.75, 3.05) is 5.32 Å². The minimum atomic E-state index is -0.587. The van der Waals surface area contributed by atoms with Crippen molar-refractivity contribution in [1.29, 1.82) is 0 Å². The zero-order valence-corrected chi connectivity index (χ0v) is 11.0. The number of carbonyl (C=O) groups is 1. The fourth-order valence-corrected chi connectivity index (χ4v) is 1.61. The lowest BCUT2D eigenvalue weighted by Crippen LogP contribution is -2.27. The van der Waals surface area contributed by atoms with E-state index >= 15 is 0 Å². The zero-order valence-electron chi connectivity index (χ0n) is 11.0. The summed E-state index contributed by atoms with van der Waals surface area (Å²) < 4.78 is 18.6. The highest BCUT2D eigenvalue weighted by Gasteiger charge is 2.16. The molecule has 1 amide bonds. The Kier molecular flexibility index (Phi) is 3.38. The van der Waals surface area contributed by atoms with Crippen molar-refractivity contribution in [3.05, 3.63) is 36.3 Å². The summed E-state index contributed by atoms with van der Waals surface area (Å²) >= 11 is 0. The number of halogens is 1. The summed E-state index contributed by atoms with van der Waals surface area (Å²) in [4.78, 5) is 15.6. The van der Waals surface area contributed by atoms with E-state index in [1.165, 1.54) is 12.3 Å². The molecule has 0 bridgehead atoms. The van der Waals surface area contributed by atoms with Crippen LogP contribution in [0.15, 0.2) is 30.5 Å². The van der Waals surface area contributed by atoms with Crippen molar-refractivity contribution in [2.24, 2.45) is 0 Å². The lowest BCUT2D eigenvalue weighted by molar-refractivity contribution is 0.0635. The van der Waals surface area contributed by atoms with Crippen molar-refractivity contribution in [3.63, 3.8) is 0 Å². The van der Waals surface area contributed by atoms with Gasteiger partial charge in [-0.2, -0.15) is 0 Å². The van der Waals surface area contributed by atoms with Gasteiger partial charge in [-0.3, -0.25) is 5.32 Å². The topological polar surface area (TPSA) is 51.2 Å². The first-order chi connectivity index (χ1) is 8.85. The van der Waals surface area contributed by atoms with E-state index in [0.29, 0.717) is 16.6 Å². The molecule has 0 atom stereocenters. The highest BCUT2D eigenvalue weighted by Crippen LogP contribution is 2.19. The highest BCUT2D eigenvalue weighted by atomic mass is 19.1. The van der Waals surface area contributed by atoms with Gasteiger partial charge in [0.25, 0.3) is 0 Å². The molecule has 1 N–H and O–H groups in total. The lowest BCUT2D eigenvalue weighted by atomic mass is 10.1. The number of pyridine rings is 1. The first-order valence-corrected chi connectivity index (χ1v) is 5.89. The van der Waals surface area contributed by atoms with Crippen molar-refractivity contribution in [1.82, 2.24) is 4.98 Å². The SMILES string of the molecule is CC(C)(C)OC(=O)Nc1cc2cccc(F)c2cn1. The molecule has 0 radical (unpaired) electrons. The van der Waals surface area contributed by atoms with Gasteiger partial charge >= 0.3 is 6.09 Å². The average Bonchev–Trinajstić information content (AvgIpc) is 2.26. The first-order valence-electron chi connectivity index (χ1n) is 5.89. The molecule has 1 aromatic carbocycles. The number of anilines is 1. The molecule has 5 heteroatoms. The molecule has 4 nitrogen and oxygen atoms in total. The van der Waals surface area contributed by atoms with Crippen LogP contribution in [0.5, 0.6) is 0 Å². The van der Waals surface area contributed by atoms with Gasteiger partial charge < -0.3 is 4.74 Å². The fourth-order valence-electron chi connectivity index (χ4n) is 1.61. The summed E-state index contributed by atoms with van der Waals surface area (Å²) in [6.07, 6.45) is 0.799. The van der Waals surface area contributed by atoms with E-state index in [-0.39, 0.29) is 5.82 Å². The molecule has 1 aromatic heterocycles. The largest absolute Gasteiger partial charge is 0.444 e. The first kappa shape index (κ1) is 13.3. The number of hydrogen-bond acceptors (Lipinski definition) is 3. The molecule has 0 fully saturated rings. The Morgan fingerprint density at radius 2 is 2.11 bits per heavy atom. The summed E-state index contributed by atoms with van der Waals surface area (Å²) in [7, 11) is 0. The van der Waals surface area contributed by atoms with E-state index in [1.807, 2.05) is 0 Å². The summed E-state index contributed by atoms with van der Waals surface area (Å²) in [6.45, 7) is 5.32. The Morgan fingerprint density at radius 3 is 2.79 bits per heavy atom. The number of fused-ring (bicyclic) bond motifs is 1. The molecule has 0 aliphatic heterocycles. The maximum atomic E-state index is 13.5. The van der Waals surface area contributed by atoms with Gasteiger partial charge in [-0.15, -0.1) is 0 Å². The van der Waals surface area contributed by atoms with E-state index < -0.39 is 11.7 Å². The molecule has 0 saturated heterocycles. The Morgan fingerprint density at radius 1 is 1.37 bits per heavy atom. The number of amides is 1. The van der Waals surface area contributed by atoms with Gasteiger partial charge in [0.15, 0.2) is 0 Å². The molecule has 0 aliphatic rings. The van der Waals surface area contributed by atoms with Crippen LogP contribution in [-0.2, 0) is 4.74 Å². The molecule has 2 aromatic rings. The number of hydrogen-bond donors (Lipinski definition) is 1. The van der Waals surface area contributed by atoms with Crippen molar-refractivity contribution in [2.45, 2.75) is 26.4 Å². The number of aromatic nitrogens is 1. The summed E-state index contributed by atoms with van der Waals surface area (Å²) in [5, 5.41) is 3.60. The number of ether oxygens (including phenoxy) is 1. The van der Waals surface area contributed by atoms with Crippen LogP contribution in [0.25, 0.3) is 10.8 Å². The van der Waals surface area contributed by atoms with Crippen LogP contribution in [0, 0.1) is 5.82 Å². The Labute approximate surface area is 110 Å². The van der Waals surface area contributed by atoms with Crippen molar-refractivity contribution in [3.8, 4) is 0 Å². The molecule has 100 valence electrons. The van der Waals surface area contributed by atoms with E-state index in [9.17, 15) is 9.18 Å². The fraction of sp³-hybridized carbons (Fsp3) is 0.286. The smallest absolute Gasteiger partial charge is 0.413 e. The molecule has 0 aliphatic carbocycles. The predicted molar refractivity (Wildman–Crippen MR) is 71.6 cm³/mol. The normalized spacial score (nSPS) is 11.4. The lowest BCUT2D eigenvalue weighted by Gasteiger charge is -2.19. The van der Waals surface area contributed by atoms with Crippen LogP contribution in [0.3, 0.4) is 0 Å². The van der Waals surface area contributed by atoms with Crippen LogP contribution in [0.4, 0.5) is 15.0 Å². The second-order valence-corrected chi connectivity index (χ2v) is 5.16.